The lowest BCUT2D eigenvalue weighted by molar-refractivity contribution is 0.102. The lowest BCUT2D eigenvalue weighted by atomic mass is 10.1. The van der Waals surface area contributed by atoms with Crippen LogP contribution in [0.2, 0.25) is 5.02 Å². The first-order valence-electron chi connectivity index (χ1n) is 9.04. The molecule has 0 unspecified atom stereocenters. The summed E-state index contributed by atoms with van der Waals surface area (Å²) < 4.78 is 27.0. The van der Waals surface area contributed by atoms with Crippen LogP contribution in [-0.4, -0.2) is 20.6 Å². The van der Waals surface area contributed by atoms with Crippen molar-refractivity contribution in [1.82, 2.24) is 0 Å². The van der Waals surface area contributed by atoms with Gasteiger partial charge in [-0.15, -0.1) is 0 Å². The second kappa shape index (κ2) is 9.20. The van der Waals surface area contributed by atoms with Crippen molar-refractivity contribution in [2.24, 2.45) is 0 Å². The fourth-order valence-electron chi connectivity index (χ4n) is 2.89. The molecule has 0 aliphatic heterocycles. The number of aryl methyl sites for hydroxylation is 1. The summed E-state index contributed by atoms with van der Waals surface area (Å²) in [5.41, 5.74) is 3.25. The Balaban J connectivity index is 1.81. The number of benzene rings is 3. The van der Waals surface area contributed by atoms with Crippen molar-refractivity contribution >= 4 is 54.8 Å². The van der Waals surface area contributed by atoms with E-state index in [0.717, 1.165) is 16.3 Å². The number of anilines is 2. The van der Waals surface area contributed by atoms with Crippen LogP contribution in [0.25, 0.3) is 0 Å². The maximum Gasteiger partial charge on any atom is 0.255 e. The Bertz CT molecular complexity index is 1180. The molecule has 30 heavy (non-hydrogen) atoms. The van der Waals surface area contributed by atoms with E-state index in [0.29, 0.717) is 27.5 Å². The van der Waals surface area contributed by atoms with E-state index in [1.54, 1.807) is 54.6 Å². The smallest absolute Gasteiger partial charge is 0.255 e. The van der Waals surface area contributed by atoms with Gasteiger partial charge in [0.15, 0.2) is 0 Å². The van der Waals surface area contributed by atoms with Gasteiger partial charge < -0.3 is 5.32 Å². The highest BCUT2D eigenvalue weighted by Gasteiger charge is 2.19. The molecule has 0 heterocycles. The number of nitrogens with zero attached hydrogens (tertiary/aromatic N) is 1. The number of rotatable bonds is 6. The number of nitrogens with one attached hydrogen (secondary N) is 1. The van der Waals surface area contributed by atoms with Gasteiger partial charge in [-0.2, -0.15) is 0 Å². The van der Waals surface area contributed by atoms with Gasteiger partial charge in [0.1, 0.15) is 0 Å². The van der Waals surface area contributed by atoms with E-state index in [1.165, 1.54) is 4.31 Å². The molecule has 0 bridgehead atoms. The molecule has 3 rings (SSSR count). The molecule has 0 spiro atoms. The summed E-state index contributed by atoms with van der Waals surface area (Å²) in [5, 5.41) is 3.34. The molecule has 0 radical (unpaired) electrons. The van der Waals surface area contributed by atoms with Crippen LogP contribution in [0.4, 0.5) is 11.4 Å². The van der Waals surface area contributed by atoms with Gasteiger partial charge in [0.2, 0.25) is 10.0 Å². The third-order valence-electron chi connectivity index (χ3n) is 4.51. The predicted octanol–water partition coefficient (Wildman–Crippen LogP) is 5.63. The second-order valence-electron chi connectivity index (χ2n) is 6.83. The Morgan fingerprint density at radius 3 is 2.33 bits per heavy atom. The molecular weight excluding hydrogens is 488 g/mol. The zero-order chi connectivity index (χ0) is 21.9. The maximum absolute atomic E-state index is 12.6. The second-order valence-corrected chi connectivity index (χ2v) is 9.99. The van der Waals surface area contributed by atoms with Gasteiger partial charge in [0.05, 0.1) is 18.5 Å². The van der Waals surface area contributed by atoms with E-state index in [9.17, 15) is 13.2 Å². The predicted molar refractivity (Wildman–Crippen MR) is 126 cm³/mol. The van der Waals surface area contributed by atoms with Crippen molar-refractivity contribution in [3.8, 4) is 0 Å². The molecule has 1 amide bonds. The first-order valence-corrected chi connectivity index (χ1v) is 12.1. The van der Waals surface area contributed by atoms with Crippen LogP contribution in [0, 0.1) is 6.92 Å². The Kier molecular flexibility index (Phi) is 6.85. The van der Waals surface area contributed by atoms with E-state index in [-0.39, 0.29) is 12.5 Å². The molecule has 0 atom stereocenters. The van der Waals surface area contributed by atoms with Crippen molar-refractivity contribution in [3.63, 3.8) is 0 Å². The average Bonchev–Trinajstić information content (AvgIpc) is 2.69. The van der Waals surface area contributed by atoms with Gasteiger partial charge in [0.25, 0.3) is 5.91 Å². The summed E-state index contributed by atoms with van der Waals surface area (Å²) >= 11 is 9.62. The molecule has 0 fully saturated rings. The molecule has 0 aromatic heterocycles. The molecule has 8 heteroatoms. The van der Waals surface area contributed by atoms with Gasteiger partial charge in [0, 0.05) is 20.7 Å². The summed E-state index contributed by atoms with van der Waals surface area (Å²) in [6.45, 7) is 2.04. The quantitative estimate of drug-likeness (QED) is 0.470. The lowest BCUT2D eigenvalue weighted by Crippen LogP contribution is -2.29. The average molecular weight is 508 g/mol. The SMILES string of the molecule is Cc1cc(NC(=O)c2ccc(N(Cc3ccccc3Cl)S(C)(=O)=O)cc2)ccc1Br. The number of hydrogen-bond donors (Lipinski definition) is 1. The minimum Gasteiger partial charge on any atom is -0.322 e. The van der Waals surface area contributed by atoms with E-state index in [1.807, 2.05) is 19.1 Å². The third-order valence-corrected chi connectivity index (χ3v) is 6.90. The minimum atomic E-state index is -3.55. The Morgan fingerprint density at radius 1 is 1.07 bits per heavy atom. The van der Waals surface area contributed by atoms with Gasteiger partial charge in [-0.05, 0) is 66.6 Å². The number of amides is 1. The molecule has 3 aromatic rings. The Labute approximate surface area is 189 Å². The molecule has 5 nitrogen and oxygen atoms in total. The number of halogens is 2. The first kappa shape index (κ1) is 22.3. The van der Waals surface area contributed by atoms with Gasteiger partial charge in [-0.1, -0.05) is 45.7 Å². The van der Waals surface area contributed by atoms with Gasteiger partial charge in [-0.25, -0.2) is 8.42 Å². The largest absolute Gasteiger partial charge is 0.322 e. The van der Waals surface area contributed by atoms with E-state index in [4.69, 9.17) is 11.6 Å². The van der Waals surface area contributed by atoms with Crippen LogP contribution < -0.4 is 9.62 Å². The molecule has 156 valence electrons. The fourth-order valence-corrected chi connectivity index (χ4v) is 4.21. The molecular formula is C22H20BrClN2O3S. The van der Waals surface area contributed by atoms with E-state index >= 15 is 0 Å². The first-order chi connectivity index (χ1) is 14.1. The zero-order valence-electron chi connectivity index (χ0n) is 16.4. The molecule has 0 saturated heterocycles. The van der Waals surface area contributed by atoms with Crippen LogP contribution in [0.1, 0.15) is 21.5 Å². The minimum absolute atomic E-state index is 0.0994. The third kappa shape index (κ3) is 5.41. The van der Waals surface area contributed by atoms with Crippen molar-refractivity contribution in [2.75, 3.05) is 15.9 Å². The summed E-state index contributed by atoms with van der Waals surface area (Å²) in [5.74, 6) is -0.278. The van der Waals surface area contributed by atoms with Crippen molar-refractivity contribution < 1.29 is 13.2 Å². The monoisotopic (exact) mass is 506 g/mol. The van der Waals surface area contributed by atoms with Gasteiger partial charge in [-0.3, -0.25) is 9.10 Å². The van der Waals surface area contributed by atoms with Gasteiger partial charge >= 0.3 is 0 Å². The number of carbonyl (C=O) groups is 1. The van der Waals surface area contributed by atoms with Crippen LogP contribution in [0.3, 0.4) is 0 Å². The summed E-state index contributed by atoms with van der Waals surface area (Å²) in [6.07, 6.45) is 1.14. The molecule has 3 aromatic carbocycles. The summed E-state index contributed by atoms with van der Waals surface area (Å²) in [4.78, 5) is 12.6. The highest BCUT2D eigenvalue weighted by atomic mass is 79.9. The van der Waals surface area contributed by atoms with Crippen LogP contribution in [0.15, 0.2) is 71.2 Å². The number of hydrogen-bond acceptors (Lipinski definition) is 3. The highest BCUT2D eigenvalue weighted by Crippen LogP contribution is 2.25. The topological polar surface area (TPSA) is 66.5 Å². The molecule has 0 aliphatic rings. The molecule has 0 aliphatic carbocycles. The van der Waals surface area contributed by atoms with Crippen LogP contribution in [0.5, 0.6) is 0 Å². The van der Waals surface area contributed by atoms with Crippen molar-refractivity contribution in [3.05, 3.63) is 92.9 Å². The Hall–Kier alpha value is -2.35. The fraction of sp³-hybridized carbons (Fsp3) is 0.136. The number of carbonyl (C=O) groups excluding carboxylic acids is 1. The zero-order valence-corrected chi connectivity index (χ0v) is 19.6. The Morgan fingerprint density at radius 2 is 1.73 bits per heavy atom. The summed E-state index contributed by atoms with van der Waals surface area (Å²) in [7, 11) is -3.55. The number of sulfonamides is 1. The molecule has 1 N–H and O–H groups in total. The van der Waals surface area contributed by atoms with E-state index in [2.05, 4.69) is 21.2 Å². The van der Waals surface area contributed by atoms with Crippen molar-refractivity contribution in [2.45, 2.75) is 13.5 Å². The normalized spacial score (nSPS) is 11.2. The summed E-state index contributed by atoms with van der Waals surface area (Å²) in [6, 6.07) is 19.0. The molecule has 0 saturated carbocycles. The van der Waals surface area contributed by atoms with E-state index < -0.39 is 10.0 Å². The van der Waals surface area contributed by atoms with Crippen molar-refractivity contribution in [1.29, 1.82) is 0 Å². The lowest BCUT2D eigenvalue weighted by Gasteiger charge is -2.23. The standard InChI is InChI=1S/C22H20BrClN2O3S/c1-15-13-18(9-12-20(15)23)25-22(27)16-7-10-19(11-8-16)26(30(2,28)29)14-17-5-3-4-6-21(17)24/h3-13H,14H2,1-2H3,(H,25,27). The van der Waals surface area contributed by atoms with Crippen LogP contribution >= 0.6 is 27.5 Å². The highest BCUT2D eigenvalue weighted by molar-refractivity contribution is 9.10. The van der Waals surface area contributed by atoms with Crippen LogP contribution in [-0.2, 0) is 16.6 Å². The maximum atomic E-state index is 12.6.